The summed E-state index contributed by atoms with van der Waals surface area (Å²) in [5.74, 6) is 5.18. The minimum atomic E-state index is -0.233. The van der Waals surface area contributed by atoms with Gasteiger partial charge in [-0.2, -0.15) is 0 Å². The summed E-state index contributed by atoms with van der Waals surface area (Å²) in [6.07, 6.45) is 16.7. The molecule has 8 atom stereocenters. The van der Waals surface area contributed by atoms with Crippen molar-refractivity contribution in [3.63, 3.8) is 0 Å². The van der Waals surface area contributed by atoms with Gasteiger partial charge in [0.25, 0.3) is 0 Å². The third kappa shape index (κ3) is 6.63. The maximum atomic E-state index is 12.7. The molecule has 1 N–H and O–H groups in total. The number of hydrogen-bond acceptors (Lipinski definition) is 3. The molecule has 4 aliphatic rings. The van der Waals surface area contributed by atoms with Crippen LogP contribution in [0.4, 0.5) is 4.79 Å². The highest BCUT2D eigenvalue weighted by Gasteiger charge is 2.59. The third-order valence-electron chi connectivity index (χ3n) is 12.5. The molecule has 0 aromatic carbocycles. The Kier molecular flexibility index (Phi) is 10.4. The molecule has 1 unspecified atom stereocenters. The van der Waals surface area contributed by atoms with E-state index >= 15 is 0 Å². The molecule has 3 fully saturated rings. The van der Waals surface area contributed by atoms with E-state index in [9.17, 15) is 4.79 Å². The molecular formula is C36H64N2O2. The van der Waals surface area contributed by atoms with Crippen molar-refractivity contribution in [1.29, 1.82) is 0 Å². The van der Waals surface area contributed by atoms with Crippen molar-refractivity contribution in [2.24, 2.45) is 46.3 Å². The average molecular weight is 557 g/mol. The van der Waals surface area contributed by atoms with Crippen LogP contribution >= 0.6 is 0 Å². The summed E-state index contributed by atoms with van der Waals surface area (Å²) in [4.78, 5) is 15.1. The summed E-state index contributed by atoms with van der Waals surface area (Å²) in [6.45, 7) is 22.9. The van der Waals surface area contributed by atoms with E-state index in [0.29, 0.717) is 29.5 Å². The van der Waals surface area contributed by atoms with E-state index in [0.717, 1.165) is 54.9 Å². The number of alkyl carbamates (subject to hydrolysis) is 1. The fraction of sp³-hybridized carbons (Fsp3) is 0.917. The number of nitrogens with one attached hydrogen (secondary N) is 1. The number of nitrogens with zero attached hydrogens (tertiary/aromatic N) is 1. The number of ether oxygens (including phenoxy) is 1. The lowest BCUT2D eigenvalue weighted by atomic mass is 9.47. The second kappa shape index (κ2) is 13.1. The molecule has 1 amide bonds. The van der Waals surface area contributed by atoms with E-state index in [2.05, 4.69) is 78.6 Å². The van der Waals surface area contributed by atoms with Crippen LogP contribution in [-0.2, 0) is 4.74 Å². The number of amides is 1. The highest BCUT2D eigenvalue weighted by atomic mass is 16.6. The van der Waals surface area contributed by atoms with Crippen LogP contribution in [-0.4, -0.2) is 42.3 Å². The van der Waals surface area contributed by atoms with E-state index in [4.69, 9.17) is 4.74 Å². The van der Waals surface area contributed by atoms with Crippen LogP contribution in [0.15, 0.2) is 11.6 Å². The van der Waals surface area contributed by atoms with Gasteiger partial charge in [0.15, 0.2) is 0 Å². The Balaban J connectivity index is 1.33. The van der Waals surface area contributed by atoms with E-state index in [1.165, 1.54) is 57.8 Å². The van der Waals surface area contributed by atoms with Crippen LogP contribution in [0, 0.1) is 46.3 Å². The van der Waals surface area contributed by atoms with E-state index in [1.807, 2.05) is 0 Å². The predicted octanol–water partition coefficient (Wildman–Crippen LogP) is 9.24. The largest absolute Gasteiger partial charge is 0.446 e. The maximum Gasteiger partial charge on any atom is 0.407 e. The Labute approximate surface area is 247 Å². The molecule has 4 heteroatoms. The molecule has 230 valence electrons. The lowest BCUT2D eigenvalue weighted by Gasteiger charge is -2.58. The predicted molar refractivity (Wildman–Crippen MR) is 168 cm³/mol. The normalized spacial score (nSPS) is 36.3. The molecule has 0 spiro atoms. The second-order valence-electron chi connectivity index (χ2n) is 15.9. The highest BCUT2D eigenvalue weighted by molar-refractivity contribution is 5.67. The molecule has 3 saturated carbocycles. The first kappa shape index (κ1) is 31.9. The zero-order valence-corrected chi connectivity index (χ0v) is 27.7. The van der Waals surface area contributed by atoms with Gasteiger partial charge in [0.1, 0.15) is 6.10 Å². The fourth-order valence-electron chi connectivity index (χ4n) is 10.3. The number of carbonyl (C=O) groups is 1. The van der Waals surface area contributed by atoms with Crippen molar-refractivity contribution in [3.05, 3.63) is 11.6 Å². The molecular weight excluding hydrogens is 492 g/mol. The average Bonchev–Trinajstić information content (AvgIpc) is 3.23. The van der Waals surface area contributed by atoms with Crippen LogP contribution in [0.1, 0.15) is 133 Å². The van der Waals surface area contributed by atoms with Crippen molar-refractivity contribution >= 4 is 6.09 Å². The van der Waals surface area contributed by atoms with Crippen molar-refractivity contribution in [1.82, 2.24) is 10.2 Å². The Morgan fingerprint density at radius 2 is 1.70 bits per heavy atom. The zero-order chi connectivity index (χ0) is 29.2. The fourth-order valence-corrected chi connectivity index (χ4v) is 10.3. The lowest BCUT2D eigenvalue weighted by Crippen LogP contribution is -2.51. The summed E-state index contributed by atoms with van der Waals surface area (Å²) in [7, 11) is 0. The van der Waals surface area contributed by atoms with Gasteiger partial charge in [0.05, 0.1) is 0 Å². The molecule has 0 saturated heterocycles. The molecule has 40 heavy (non-hydrogen) atoms. The number of carbonyl (C=O) groups excluding carboxylic acids is 1. The van der Waals surface area contributed by atoms with Gasteiger partial charge < -0.3 is 10.1 Å². The number of fused-ring (bicyclic) bond motifs is 5. The van der Waals surface area contributed by atoms with Crippen LogP contribution in [0.25, 0.3) is 0 Å². The van der Waals surface area contributed by atoms with Gasteiger partial charge in [-0.05, 0) is 119 Å². The van der Waals surface area contributed by atoms with Gasteiger partial charge in [0, 0.05) is 31.6 Å². The molecule has 0 aromatic rings. The maximum absolute atomic E-state index is 12.7. The number of hydrogen-bond donors (Lipinski definition) is 1. The van der Waals surface area contributed by atoms with Gasteiger partial charge in [0.2, 0.25) is 0 Å². The molecule has 0 radical (unpaired) electrons. The molecule has 0 aliphatic heterocycles. The Morgan fingerprint density at radius 3 is 2.38 bits per heavy atom. The van der Waals surface area contributed by atoms with Crippen molar-refractivity contribution < 1.29 is 9.53 Å². The minimum absolute atomic E-state index is 0.0265. The summed E-state index contributed by atoms with van der Waals surface area (Å²) >= 11 is 0. The first-order valence-corrected chi connectivity index (χ1v) is 17.3. The Bertz CT molecular complexity index is 872. The molecule has 4 nitrogen and oxygen atoms in total. The Hall–Kier alpha value is -1.03. The van der Waals surface area contributed by atoms with Crippen molar-refractivity contribution in [3.8, 4) is 0 Å². The summed E-state index contributed by atoms with van der Waals surface area (Å²) in [6, 6.07) is 0.948. The van der Waals surface area contributed by atoms with E-state index in [-0.39, 0.29) is 12.2 Å². The molecule has 0 bridgehead atoms. The Morgan fingerprint density at radius 1 is 0.975 bits per heavy atom. The minimum Gasteiger partial charge on any atom is -0.446 e. The first-order chi connectivity index (χ1) is 18.9. The highest BCUT2D eigenvalue weighted by Crippen LogP contribution is 2.67. The van der Waals surface area contributed by atoms with Crippen LogP contribution in [0.2, 0.25) is 0 Å². The number of rotatable bonds is 11. The van der Waals surface area contributed by atoms with E-state index in [1.54, 1.807) is 5.57 Å². The zero-order valence-electron chi connectivity index (χ0n) is 27.7. The summed E-state index contributed by atoms with van der Waals surface area (Å²) < 4.78 is 5.99. The van der Waals surface area contributed by atoms with Gasteiger partial charge in [-0.3, -0.25) is 4.90 Å². The molecule has 4 aliphatic carbocycles. The monoisotopic (exact) mass is 556 g/mol. The third-order valence-corrected chi connectivity index (χ3v) is 12.5. The molecule has 0 aromatic heterocycles. The summed E-state index contributed by atoms with van der Waals surface area (Å²) in [5, 5.41) is 3.04. The van der Waals surface area contributed by atoms with Crippen molar-refractivity contribution in [2.45, 2.75) is 151 Å². The second-order valence-corrected chi connectivity index (χ2v) is 15.9. The van der Waals surface area contributed by atoms with Crippen LogP contribution in [0.3, 0.4) is 0 Å². The van der Waals surface area contributed by atoms with Gasteiger partial charge in [-0.15, -0.1) is 0 Å². The van der Waals surface area contributed by atoms with E-state index < -0.39 is 0 Å². The van der Waals surface area contributed by atoms with Crippen LogP contribution in [0.5, 0.6) is 0 Å². The smallest absolute Gasteiger partial charge is 0.407 e. The quantitative estimate of drug-likeness (QED) is 0.258. The van der Waals surface area contributed by atoms with Crippen LogP contribution < -0.4 is 5.32 Å². The number of allylic oxidation sites excluding steroid dienone is 1. The molecule has 0 heterocycles. The van der Waals surface area contributed by atoms with Gasteiger partial charge in [-0.25, -0.2) is 4.79 Å². The lowest BCUT2D eigenvalue weighted by molar-refractivity contribution is -0.0581. The topological polar surface area (TPSA) is 41.6 Å². The summed E-state index contributed by atoms with van der Waals surface area (Å²) in [5.41, 5.74) is 2.44. The van der Waals surface area contributed by atoms with Crippen molar-refractivity contribution in [2.75, 3.05) is 13.1 Å². The van der Waals surface area contributed by atoms with Gasteiger partial charge in [-0.1, -0.05) is 65.5 Å². The molecule has 4 rings (SSSR count). The SMILES string of the molecule is CC(C)CCC[C@@H](C)[C@H]1CC[C@H]2C3CC=C4C[C@@H](OC(=O)NCCN(C(C)C)C(C)C)CC[C@]4(C)[C@H]3CC[C@]12C. The standard InChI is InChI=1S/C36H64N2O2/c1-24(2)11-10-12-27(7)31-15-16-32-30-14-13-28-23-29(17-19-35(28,8)33(30)18-20-36(31,32)9)40-34(39)37-21-22-38(25(3)4)26(5)6/h13,24-27,29-33H,10-12,14-23H2,1-9H3,(H,37,39)/t27-,29+,30?,31-,32+,33+,35+,36-/m1/s1. The first-order valence-electron chi connectivity index (χ1n) is 17.3. The van der Waals surface area contributed by atoms with Gasteiger partial charge >= 0.3 is 6.09 Å².